The normalized spacial score (nSPS) is 12.7. The molecule has 0 radical (unpaired) electrons. The van der Waals surface area contributed by atoms with Crippen molar-refractivity contribution in [3.8, 4) is 5.75 Å². The Morgan fingerprint density at radius 2 is 1.84 bits per heavy atom. The highest BCUT2D eigenvalue weighted by Crippen LogP contribution is 2.26. The van der Waals surface area contributed by atoms with E-state index in [1.807, 2.05) is 13.8 Å². The number of aliphatic hydroxyl groups is 1. The van der Waals surface area contributed by atoms with Crippen LogP contribution in [-0.4, -0.2) is 31.2 Å². The predicted octanol–water partition coefficient (Wildman–Crippen LogP) is 2.66. The summed E-state index contributed by atoms with van der Waals surface area (Å²) in [6.45, 7) is 6.51. The monoisotopic (exact) mass is 272 g/mol. The van der Waals surface area contributed by atoms with Gasteiger partial charge in [-0.05, 0) is 39.0 Å². The SMILES string of the molecule is CCOC(COc1ccc(F)cc1[C@@H](C)O)OCC. The molecule has 0 saturated carbocycles. The summed E-state index contributed by atoms with van der Waals surface area (Å²) >= 11 is 0. The number of benzene rings is 1. The second-order valence-corrected chi connectivity index (χ2v) is 4.01. The molecule has 1 rings (SSSR count). The molecule has 0 saturated heterocycles. The third kappa shape index (κ3) is 5.14. The van der Waals surface area contributed by atoms with Crippen LogP contribution >= 0.6 is 0 Å². The van der Waals surface area contributed by atoms with E-state index in [4.69, 9.17) is 14.2 Å². The molecule has 0 aliphatic carbocycles. The summed E-state index contributed by atoms with van der Waals surface area (Å²) in [7, 11) is 0. The minimum absolute atomic E-state index is 0.188. The molecular weight excluding hydrogens is 251 g/mol. The van der Waals surface area contributed by atoms with Gasteiger partial charge in [-0.25, -0.2) is 4.39 Å². The van der Waals surface area contributed by atoms with E-state index in [9.17, 15) is 9.50 Å². The van der Waals surface area contributed by atoms with Gasteiger partial charge < -0.3 is 19.3 Å². The molecule has 0 spiro atoms. The van der Waals surface area contributed by atoms with Crippen LogP contribution in [0.5, 0.6) is 5.75 Å². The fourth-order valence-corrected chi connectivity index (χ4v) is 1.65. The number of hydrogen-bond acceptors (Lipinski definition) is 4. The summed E-state index contributed by atoms with van der Waals surface area (Å²) in [6.07, 6.45) is -1.27. The average molecular weight is 272 g/mol. The van der Waals surface area contributed by atoms with Gasteiger partial charge >= 0.3 is 0 Å². The van der Waals surface area contributed by atoms with E-state index in [2.05, 4.69) is 0 Å². The van der Waals surface area contributed by atoms with Crippen molar-refractivity contribution >= 4 is 0 Å². The summed E-state index contributed by atoms with van der Waals surface area (Å²) in [4.78, 5) is 0. The van der Waals surface area contributed by atoms with Gasteiger partial charge in [0.15, 0.2) is 6.29 Å². The molecule has 5 heteroatoms. The Hall–Kier alpha value is -1.17. The van der Waals surface area contributed by atoms with Crippen molar-refractivity contribution in [2.75, 3.05) is 19.8 Å². The molecule has 0 aromatic heterocycles. The summed E-state index contributed by atoms with van der Waals surface area (Å²) < 4.78 is 29.4. The highest BCUT2D eigenvalue weighted by molar-refractivity contribution is 5.35. The molecule has 1 N–H and O–H groups in total. The molecule has 0 aliphatic rings. The Bertz CT molecular complexity index is 376. The molecule has 1 aromatic carbocycles. The van der Waals surface area contributed by atoms with Gasteiger partial charge in [0.2, 0.25) is 0 Å². The van der Waals surface area contributed by atoms with Crippen molar-refractivity contribution in [2.24, 2.45) is 0 Å². The number of halogens is 1. The van der Waals surface area contributed by atoms with Crippen LogP contribution in [0, 0.1) is 5.82 Å². The van der Waals surface area contributed by atoms with Crippen molar-refractivity contribution in [3.05, 3.63) is 29.6 Å². The highest BCUT2D eigenvalue weighted by Gasteiger charge is 2.14. The van der Waals surface area contributed by atoms with Crippen LogP contribution in [0.2, 0.25) is 0 Å². The molecular formula is C14H21FO4. The van der Waals surface area contributed by atoms with Crippen LogP contribution in [0.15, 0.2) is 18.2 Å². The summed E-state index contributed by atoms with van der Waals surface area (Å²) in [5, 5.41) is 9.59. The molecule has 4 nitrogen and oxygen atoms in total. The zero-order valence-electron chi connectivity index (χ0n) is 11.6. The lowest BCUT2D eigenvalue weighted by molar-refractivity contribution is -0.152. The predicted molar refractivity (Wildman–Crippen MR) is 69.6 cm³/mol. The van der Waals surface area contributed by atoms with Crippen molar-refractivity contribution < 1.29 is 23.7 Å². The number of hydrogen-bond donors (Lipinski definition) is 1. The second-order valence-electron chi connectivity index (χ2n) is 4.01. The smallest absolute Gasteiger partial charge is 0.191 e. The van der Waals surface area contributed by atoms with Gasteiger partial charge in [0.05, 0.1) is 6.10 Å². The van der Waals surface area contributed by atoms with Crippen molar-refractivity contribution in [2.45, 2.75) is 33.2 Å². The van der Waals surface area contributed by atoms with Crippen molar-refractivity contribution in [1.29, 1.82) is 0 Å². The van der Waals surface area contributed by atoms with Crippen LogP contribution in [0.25, 0.3) is 0 Å². The van der Waals surface area contributed by atoms with E-state index < -0.39 is 18.2 Å². The Morgan fingerprint density at radius 1 is 1.21 bits per heavy atom. The van der Waals surface area contributed by atoms with Crippen LogP contribution in [0.4, 0.5) is 4.39 Å². The third-order valence-corrected chi connectivity index (χ3v) is 2.50. The van der Waals surface area contributed by atoms with Gasteiger partial charge in [0.1, 0.15) is 18.2 Å². The van der Waals surface area contributed by atoms with Gasteiger partial charge in [-0.2, -0.15) is 0 Å². The lowest BCUT2D eigenvalue weighted by Crippen LogP contribution is -2.25. The van der Waals surface area contributed by atoms with Crippen molar-refractivity contribution in [1.82, 2.24) is 0 Å². The maximum atomic E-state index is 13.1. The van der Waals surface area contributed by atoms with E-state index in [0.29, 0.717) is 24.5 Å². The average Bonchev–Trinajstić information content (AvgIpc) is 2.37. The summed E-state index contributed by atoms with van der Waals surface area (Å²) in [5.41, 5.74) is 0.409. The Labute approximate surface area is 113 Å². The quantitative estimate of drug-likeness (QED) is 0.739. The van der Waals surface area contributed by atoms with E-state index in [-0.39, 0.29) is 6.61 Å². The lowest BCUT2D eigenvalue weighted by atomic mass is 10.1. The first kappa shape index (κ1) is 15.9. The first-order valence-electron chi connectivity index (χ1n) is 6.42. The molecule has 1 aromatic rings. The number of aliphatic hydroxyl groups excluding tert-OH is 1. The Balaban J connectivity index is 2.70. The van der Waals surface area contributed by atoms with Gasteiger partial charge in [0.25, 0.3) is 0 Å². The minimum Gasteiger partial charge on any atom is -0.488 e. The topological polar surface area (TPSA) is 47.9 Å². The fraction of sp³-hybridized carbons (Fsp3) is 0.571. The maximum Gasteiger partial charge on any atom is 0.191 e. The fourth-order valence-electron chi connectivity index (χ4n) is 1.65. The van der Waals surface area contributed by atoms with E-state index in [0.717, 1.165) is 0 Å². The number of ether oxygens (including phenoxy) is 3. The number of rotatable bonds is 8. The summed E-state index contributed by atoms with van der Waals surface area (Å²) in [6, 6.07) is 4.04. The lowest BCUT2D eigenvalue weighted by Gasteiger charge is -2.19. The molecule has 0 amide bonds. The largest absolute Gasteiger partial charge is 0.488 e. The van der Waals surface area contributed by atoms with E-state index >= 15 is 0 Å². The van der Waals surface area contributed by atoms with Gasteiger partial charge in [-0.15, -0.1) is 0 Å². The van der Waals surface area contributed by atoms with Crippen LogP contribution in [0.1, 0.15) is 32.4 Å². The Morgan fingerprint density at radius 3 is 2.37 bits per heavy atom. The second kappa shape index (κ2) is 8.09. The van der Waals surface area contributed by atoms with Gasteiger partial charge in [-0.3, -0.25) is 0 Å². The Kier molecular flexibility index (Phi) is 6.77. The maximum absolute atomic E-state index is 13.1. The summed E-state index contributed by atoms with van der Waals surface area (Å²) in [5.74, 6) is 0.0234. The van der Waals surface area contributed by atoms with Gasteiger partial charge in [0, 0.05) is 18.8 Å². The molecule has 0 heterocycles. The van der Waals surface area contributed by atoms with E-state index in [1.54, 1.807) is 6.92 Å². The van der Waals surface area contributed by atoms with Gasteiger partial charge in [-0.1, -0.05) is 0 Å². The molecule has 1 atom stereocenters. The standard InChI is InChI=1S/C14H21FO4/c1-4-17-14(18-5-2)9-19-13-7-6-11(15)8-12(13)10(3)16/h6-8,10,14,16H,4-5,9H2,1-3H3/t10-/m1/s1. The first-order chi connectivity index (χ1) is 9.08. The van der Waals surface area contributed by atoms with Crippen LogP contribution in [-0.2, 0) is 9.47 Å². The minimum atomic E-state index is -0.802. The van der Waals surface area contributed by atoms with E-state index in [1.165, 1.54) is 18.2 Å². The molecule has 0 bridgehead atoms. The molecule has 0 aliphatic heterocycles. The van der Waals surface area contributed by atoms with Crippen LogP contribution in [0.3, 0.4) is 0 Å². The first-order valence-corrected chi connectivity index (χ1v) is 6.42. The third-order valence-electron chi connectivity index (χ3n) is 2.50. The van der Waals surface area contributed by atoms with Crippen molar-refractivity contribution in [3.63, 3.8) is 0 Å². The zero-order valence-corrected chi connectivity index (χ0v) is 11.6. The molecule has 19 heavy (non-hydrogen) atoms. The molecule has 0 unspecified atom stereocenters. The highest BCUT2D eigenvalue weighted by atomic mass is 19.1. The molecule has 108 valence electrons. The van der Waals surface area contributed by atoms with Crippen LogP contribution < -0.4 is 4.74 Å². The molecule has 0 fully saturated rings. The zero-order chi connectivity index (χ0) is 14.3.